The number of allylic oxidation sites excluding steroid dienone is 4. The van der Waals surface area contributed by atoms with Crippen molar-refractivity contribution in [1.82, 2.24) is 0 Å². The van der Waals surface area contributed by atoms with Crippen molar-refractivity contribution in [2.24, 2.45) is 0 Å². The second-order valence-corrected chi connectivity index (χ2v) is 7.01. The molecule has 0 spiro atoms. The molecule has 1 atom stereocenters. The molecular weight excluding hydrogens is 393 g/mol. The van der Waals surface area contributed by atoms with Crippen LogP contribution in [-0.4, -0.2) is 0 Å². The number of halogens is 3. The minimum atomic E-state index is 0. The summed E-state index contributed by atoms with van der Waals surface area (Å²) in [6.07, 6.45) is 2.41. The molecule has 4 heteroatoms. The van der Waals surface area contributed by atoms with Gasteiger partial charge in [-0.05, 0) is 0 Å². The van der Waals surface area contributed by atoms with Crippen LogP contribution >= 0.6 is 0 Å². The third kappa shape index (κ3) is 4.07. The zero-order chi connectivity index (χ0) is 7.94. The molecule has 0 N–H and O–H groups in total. The Morgan fingerprint density at radius 1 is 1.08 bits per heavy atom. The minimum absolute atomic E-state index is 0. The van der Waals surface area contributed by atoms with E-state index < -0.39 is 0 Å². The molecule has 1 rings (SSSR count). The van der Waals surface area contributed by atoms with Gasteiger partial charge in [0.2, 0.25) is 0 Å². The fourth-order valence-corrected chi connectivity index (χ4v) is 2.79. The van der Waals surface area contributed by atoms with Gasteiger partial charge in [0.25, 0.3) is 0 Å². The fraction of sp³-hybridized carbons (Fsp3) is 0.556. The maximum absolute atomic E-state index is 2.41. The molecule has 1 aliphatic carbocycles. The molecule has 0 saturated heterocycles. The molecule has 0 amide bonds. The van der Waals surface area contributed by atoms with Crippen molar-refractivity contribution in [3.05, 3.63) is 22.8 Å². The fourth-order valence-electron chi connectivity index (χ4n) is 1.33. The predicted octanol–water partition coefficient (Wildman–Crippen LogP) is -5.98. The zero-order valence-electron chi connectivity index (χ0n) is 8.21. The van der Waals surface area contributed by atoms with Gasteiger partial charge in [-0.25, -0.2) is 0 Å². The van der Waals surface area contributed by atoms with Crippen molar-refractivity contribution < 1.29 is 61.6 Å². The van der Waals surface area contributed by atoms with E-state index in [9.17, 15) is 0 Å². The Labute approximate surface area is 114 Å². The maximum Gasteiger partial charge on any atom is -1.00 e. The molecule has 0 aromatic carbocycles. The van der Waals surface area contributed by atoms with E-state index in [1.807, 2.05) is 0 Å². The van der Waals surface area contributed by atoms with Crippen molar-refractivity contribution in [3.8, 4) is 0 Å². The Morgan fingerprint density at radius 3 is 1.54 bits per heavy atom. The van der Waals surface area contributed by atoms with E-state index in [4.69, 9.17) is 0 Å². The van der Waals surface area contributed by atoms with E-state index in [1.165, 1.54) is 35.5 Å². The Hall–Kier alpha value is 1.22. The summed E-state index contributed by atoms with van der Waals surface area (Å²) in [7, 11) is 0. The first kappa shape index (κ1) is 19.7. The normalized spacial score (nSPS) is 25.5. The molecule has 0 radical (unpaired) electrons. The van der Waals surface area contributed by atoms with Crippen LogP contribution in [0.1, 0.15) is 27.7 Å². The summed E-state index contributed by atoms with van der Waals surface area (Å²) in [5.74, 6) is 0. The number of rotatable bonds is 0. The van der Waals surface area contributed by atoms with Crippen LogP contribution in [0.5, 0.6) is 0 Å². The van der Waals surface area contributed by atoms with Gasteiger partial charge in [-0.3, -0.25) is 0 Å². The molecule has 0 heterocycles. The molecule has 0 fully saturated rings. The first-order valence-electron chi connectivity index (χ1n) is 3.58. The van der Waals surface area contributed by atoms with Crippen molar-refractivity contribution >= 4 is 0 Å². The average molecular weight is 406 g/mol. The van der Waals surface area contributed by atoms with Gasteiger partial charge < -0.3 is 37.2 Å². The van der Waals surface area contributed by atoms with E-state index in [2.05, 4.69) is 33.8 Å². The third-order valence-corrected chi connectivity index (χ3v) is 4.30. The van der Waals surface area contributed by atoms with Gasteiger partial charge in [0.05, 0.1) is 0 Å². The van der Waals surface area contributed by atoms with Gasteiger partial charge in [-0.2, -0.15) is 0 Å². The molecular formula is C9H13Cl3Hf. The van der Waals surface area contributed by atoms with Gasteiger partial charge >= 0.3 is 78.0 Å². The molecule has 1 aliphatic rings. The largest absolute Gasteiger partial charge is 1.00 e. The van der Waals surface area contributed by atoms with Crippen molar-refractivity contribution in [1.29, 1.82) is 0 Å². The Bertz CT molecular complexity index is 229. The van der Waals surface area contributed by atoms with E-state index in [1.54, 1.807) is 5.57 Å². The molecule has 0 aliphatic heterocycles. The van der Waals surface area contributed by atoms with Crippen LogP contribution in [0, 0.1) is 0 Å². The summed E-state index contributed by atoms with van der Waals surface area (Å²) < 4.78 is 0.453. The van der Waals surface area contributed by atoms with Crippen molar-refractivity contribution in [2.75, 3.05) is 0 Å². The standard InChI is InChI=1S/C9H13.3ClH.Hf/c1-6-5-7(2)9(4)8(6)3;;;;/h5H,1-4H3;3*1H;/q;;;;+3/p-3. The van der Waals surface area contributed by atoms with Crippen molar-refractivity contribution in [3.63, 3.8) is 0 Å². The molecule has 0 aromatic heterocycles. The Morgan fingerprint density at radius 2 is 1.46 bits per heavy atom. The van der Waals surface area contributed by atoms with Gasteiger partial charge in [-0.1, -0.05) is 0 Å². The van der Waals surface area contributed by atoms with Crippen LogP contribution < -0.4 is 37.2 Å². The summed E-state index contributed by atoms with van der Waals surface area (Å²) in [4.78, 5) is 0. The number of hydrogen-bond donors (Lipinski definition) is 0. The summed E-state index contributed by atoms with van der Waals surface area (Å²) in [5.41, 5.74) is 4.57. The zero-order valence-corrected chi connectivity index (χ0v) is 14.1. The van der Waals surface area contributed by atoms with Crippen LogP contribution in [0.3, 0.4) is 0 Å². The van der Waals surface area contributed by atoms with Gasteiger partial charge in [-0.15, -0.1) is 0 Å². The topological polar surface area (TPSA) is 0 Å². The van der Waals surface area contributed by atoms with Crippen molar-refractivity contribution in [2.45, 2.75) is 30.9 Å². The second-order valence-electron chi connectivity index (χ2n) is 3.28. The second kappa shape index (κ2) is 6.66. The predicted molar refractivity (Wildman–Crippen MR) is 40.5 cm³/mol. The Kier molecular flexibility index (Phi) is 10.1. The molecule has 74 valence electrons. The van der Waals surface area contributed by atoms with E-state index in [0.717, 1.165) is 0 Å². The summed E-state index contributed by atoms with van der Waals surface area (Å²) >= 11 is 1.24. The molecule has 1 unspecified atom stereocenters. The molecule has 0 saturated carbocycles. The third-order valence-electron chi connectivity index (χ3n) is 2.44. The molecule has 13 heavy (non-hydrogen) atoms. The summed E-state index contributed by atoms with van der Waals surface area (Å²) in [6.45, 7) is 9.02. The van der Waals surface area contributed by atoms with Gasteiger partial charge in [0, 0.05) is 0 Å². The summed E-state index contributed by atoms with van der Waals surface area (Å²) in [5, 5.41) is 0. The van der Waals surface area contributed by atoms with Crippen LogP contribution in [0.2, 0.25) is 3.17 Å². The molecule has 0 bridgehead atoms. The average Bonchev–Trinajstić information content (AvgIpc) is 1.95. The number of hydrogen-bond acceptors (Lipinski definition) is 0. The van der Waals surface area contributed by atoms with E-state index in [0.29, 0.717) is 3.17 Å². The van der Waals surface area contributed by atoms with Crippen LogP contribution in [0.25, 0.3) is 0 Å². The van der Waals surface area contributed by atoms with Crippen LogP contribution in [0.15, 0.2) is 22.8 Å². The van der Waals surface area contributed by atoms with E-state index in [-0.39, 0.29) is 37.2 Å². The smallest absolute Gasteiger partial charge is 1.00 e. The first-order chi connectivity index (χ1) is 4.45. The quantitative estimate of drug-likeness (QED) is 0.352. The summed E-state index contributed by atoms with van der Waals surface area (Å²) in [6, 6.07) is 0. The van der Waals surface area contributed by atoms with Gasteiger partial charge in [0.15, 0.2) is 0 Å². The first-order valence-corrected chi connectivity index (χ1v) is 5.37. The molecule has 0 nitrogen and oxygen atoms in total. The van der Waals surface area contributed by atoms with Crippen LogP contribution in [-0.2, 0) is 24.4 Å². The van der Waals surface area contributed by atoms with Crippen LogP contribution in [0.4, 0.5) is 0 Å². The monoisotopic (exact) mass is 406 g/mol. The molecule has 0 aromatic rings. The Balaban J connectivity index is -0.000000333. The SMILES string of the molecule is CC1=C[C](C)([Hf+3])C(C)=C1C.[Cl-].[Cl-].[Cl-]. The van der Waals surface area contributed by atoms with E-state index >= 15 is 0 Å². The van der Waals surface area contributed by atoms with Gasteiger partial charge in [0.1, 0.15) is 0 Å². The minimum Gasteiger partial charge on any atom is -1.00 e. The maximum atomic E-state index is 2.41.